The number of aromatic nitrogens is 1. The Balaban J connectivity index is 0.00000210. The first-order valence-corrected chi connectivity index (χ1v) is 9.45. The van der Waals surface area contributed by atoms with E-state index in [1.807, 2.05) is 13.1 Å². The van der Waals surface area contributed by atoms with Gasteiger partial charge in [0.05, 0.1) is 24.1 Å². The summed E-state index contributed by atoms with van der Waals surface area (Å²) in [5.41, 5.74) is 8.03. The fraction of sp³-hybridized carbons (Fsp3) is 0.526. The molecule has 2 aliphatic heterocycles. The Morgan fingerprint density at radius 3 is 2.78 bits per heavy atom. The maximum absolute atomic E-state index is 5.71. The number of nitrogens with one attached hydrogen (secondary N) is 2. The van der Waals surface area contributed by atoms with E-state index in [2.05, 4.69) is 49.7 Å². The third-order valence-corrected chi connectivity index (χ3v) is 5.24. The predicted octanol–water partition coefficient (Wildman–Crippen LogP) is 0.887. The number of nitrogens with two attached hydrogens (primary N) is 1. The first-order valence-electron chi connectivity index (χ1n) is 9.45. The van der Waals surface area contributed by atoms with Crippen molar-refractivity contribution in [1.29, 1.82) is 0 Å². The molecule has 2 aliphatic rings. The molecule has 3 heterocycles. The zero-order valence-corrected chi connectivity index (χ0v) is 15.8. The molecule has 1 fully saturated rings. The standard InChI is InChI=1S/C19H28N6O.H2O/c1-14-21-12-16(26-14)13-25-18-5-3-2-4-17(18)23-19(25)22-15-6-9-24(10-7-15)11-8-20;/h2-5,12,15,19,22-23H,6-11,13,20H2,1H3;1H2. The zero-order valence-electron chi connectivity index (χ0n) is 15.8. The van der Waals surface area contributed by atoms with Gasteiger partial charge in [-0.3, -0.25) is 5.32 Å². The van der Waals surface area contributed by atoms with Gasteiger partial charge >= 0.3 is 0 Å². The van der Waals surface area contributed by atoms with E-state index in [4.69, 9.17) is 10.2 Å². The highest BCUT2D eigenvalue weighted by Crippen LogP contribution is 2.35. The van der Waals surface area contributed by atoms with E-state index in [1.165, 1.54) is 5.69 Å². The van der Waals surface area contributed by atoms with Crippen molar-refractivity contribution in [1.82, 2.24) is 15.2 Å². The van der Waals surface area contributed by atoms with Crippen molar-refractivity contribution in [3.63, 3.8) is 0 Å². The number of rotatable bonds is 6. The molecule has 1 aromatic heterocycles. The number of fused-ring (bicyclic) bond motifs is 1. The quantitative estimate of drug-likeness (QED) is 0.688. The van der Waals surface area contributed by atoms with Gasteiger partial charge in [-0.05, 0) is 38.1 Å². The van der Waals surface area contributed by atoms with E-state index < -0.39 is 0 Å². The van der Waals surface area contributed by atoms with Gasteiger partial charge in [-0.2, -0.15) is 0 Å². The predicted molar refractivity (Wildman–Crippen MR) is 107 cm³/mol. The lowest BCUT2D eigenvalue weighted by Gasteiger charge is -2.36. The normalized spacial score (nSPS) is 20.2. The second kappa shape index (κ2) is 8.71. The van der Waals surface area contributed by atoms with Crippen molar-refractivity contribution in [2.45, 2.75) is 38.6 Å². The van der Waals surface area contributed by atoms with Gasteiger partial charge in [0, 0.05) is 26.1 Å². The molecule has 1 unspecified atom stereocenters. The Kier molecular flexibility index (Phi) is 6.33. The van der Waals surface area contributed by atoms with Gasteiger partial charge in [-0.1, -0.05) is 12.1 Å². The number of para-hydroxylation sites is 2. The lowest BCUT2D eigenvalue weighted by atomic mass is 10.1. The molecule has 0 aliphatic carbocycles. The van der Waals surface area contributed by atoms with Crippen LogP contribution < -0.4 is 21.3 Å². The molecule has 4 rings (SSSR count). The van der Waals surface area contributed by atoms with Gasteiger partial charge in [0.25, 0.3) is 0 Å². The van der Waals surface area contributed by atoms with Gasteiger partial charge in [0.2, 0.25) is 0 Å². The van der Waals surface area contributed by atoms with E-state index in [1.54, 1.807) is 0 Å². The number of piperidine rings is 1. The van der Waals surface area contributed by atoms with E-state index in [9.17, 15) is 0 Å². The average molecular weight is 374 g/mol. The Hall–Kier alpha value is -2.13. The summed E-state index contributed by atoms with van der Waals surface area (Å²) in [6.07, 6.45) is 4.16. The highest BCUT2D eigenvalue weighted by atomic mass is 16.4. The fourth-order valence-electron chi connectivity index (χ4n) is 3.89. The second-order valence-electron chi connectivity index (χ2n) is 7.11. The third kappa shape index (κ3) is 4.41. The first-order chi connectivity index (χ1) is 12.7. The van der Waals surface area contributed by atoms with Crippen molar-refractivity contribution in [3.05, 3.63) is 42.1 Å². The Bertz CT molecular complexity index is 728. The molecule has 0 saturated carbocycles. The molecule has 0 radical (unpaired) electrons. The minimum atomic E-state index is 0. The number of oxazole rings is 1. The van der Waals surface area contributed by atoms with Crippen LogP contribution in [0.1, 0.15) is 24.5 Å². The monoisotopic (exact) mass is 374 g/mol. The van der Waals surface area contributed by atoms with Crippen LogP contribution in [0.4, 0.5) is 11.4 Å². The number of likely N-dealkylation sites (tertiary alicyclic amines) is 1. The van der Waals surface area contributed by atoms with Gasteiger partial charge in [0.15, 0.2) is 12.2 Å². The van der Waals surface area contributed by atoms with Crippen molar-refractivity contribution < 1.29 is 9.89 Å². The fourth-order valence-corrected chi connectivity index (χ4v) is 3.89. The SMILES string of the molecule is Cc1ncc(CN2c3ccccc3NC2NC2CCN(CCN)CC2)o1.O. The van der Waals surface area contributed by atoms with Crippen LogP contribution >= 0.6 is 0 Å². The van der Waals surface area contributed by atoms with E-state index >= 15 is 0 Å². The maximum atomic E-state index is 5.71. The van der Waals surface area contributed by atoms with Crippen LogP contribution in [-0.4, -0.2) is 53.9 Å². The van der Waals surface area contributed by atoms with Crippen LogP contribution in [0, 0.1) is 6.92 Å². The molecule has 1 saturated heterocycles. The minimum Gasteiger partial charge on any atom is -0.444 e. The molecule has 8 heteroatoms. The van der Waals surface area contributed by atoms with Crippen LogP contribution in [0.3, 0.4) is 0 Å². The highest BCUT2D eigenvalue weighted by Gasteiger charge is 2.31. The lowest BCUT2D eigenvalue weighted by Crippen LogP contribution is -2.54. The van der Waals surface area contributed by atoms with Crippen LogP contribution in [-0.2, 0) is 6.54 Å². The third-order valence-electron chi connectivity index (χ3n) is 5.24. The molecule has 2 aromatic rings. The largest absolute Gasteiger partial charge is 0.444 e. The molecule has 0 spiro atoms. The summed E-state index contributed by atoms with van der Waals surface area (Å²) in [5.74, 6) is 1.59. The molecule has 6 N–H and O–H groups in total. The molecule has 1 atom stereocenters. The topological polar surface area (TPSA) is 114 Å². The lowest BCUT2D eigenvalue weighted by molar-refractivity contribution is 0.196. The Morgan fingerprint density at radius 2 is 2.07 bits per heavy atom. The van der Waals surface area contributed by atoms with E-state index in [0.717, 1.165) is 50.5 Å². The maximum Gasteiger partial charge on any atom is 0.191 e. The summed E-state index contributed by atoms with van der Waals surface area (Å²) in [4.78, 5) is 9.00. The molecule has 27 heavy (non-hydrogen) atoms. The highest BCUT2D eigenvalue weighted by molar-refractivity contribution is 5.75. The molecular formula is C19H30N6O2. The zero-order chi connectivity index (χ0) is 17.9. The Morgan fingerprint density at radius 1 is 1.30 bits per heavy atom. The van der Waals surface area contributed by atoms with Gasteiger partial charge in [-0.15, -0.1) is 0 Å². The van der Waals surface area contributed by atoms with Gasteiger partial charge < -0.3 is 30.7 Å². The molecule has 0 amide bonds. The summed E-state index contributed by atoms with van der Waals surface area (Å²) >= 11 is 0. The van der Waals surface area contributed by atoms with Crippen molar-refractivity contribution in [2.75, 3.05) is 36.4 Å². The van der Waals surface area contributed by atoms with Gasteiger partial charge in [-0.25, -0.2) is 4.98 Å². The summed E-state index contributed by atoms with van der Waals surface area (Å²) in [6.45, 7) is 6.52. The number of hydrogen-bond acceptors (Lipinski definition) is 7. The van der Waals surface area contributed by atoms with Crippen LogP contribution in [0.25, 0.3) is 0 Å². The van der Waals surface area contributed by atoms with Crippen LogP contribution in [0.15, 0.2) is 34.9 Å². The van der Waals surface area contributed by atoms with Gasteiger partial charge in [0.1, 0.15) is 5.76 Å². The van der Waals surface area contributed by atoms with Crippen LogP contribution in [0.5, 0.6) is 0 Å². The smallest absolute Gasteiger partial charge is 0.191 e. The molecular weight excluding hydrogens is 344 g/mol. The summed E-state index contributed by atoms with van der Waals surface area (Å²) < 4.78 is 5.71. The molecule has 148 valence electrons. The second-order valence-corrected chi connectivity index (χ2v) is 7.11. The molecule has 8 nitrogen and oxygen atoms in total. The summed E-state index contributed by atoms with van der Waals surface area (Å²) in [5, 5.41) is 7.41. The van der Waals surface area contributed by atoms with Crippen molar-refractivity contribution in [2.24, 2.45) is 5.73 Å². The average Bonchev–Trinajstić information content (AvgIpc) is 3.21. The number of nitrogens with zero attached hydrogens (tertiary/aromatic N) is 3. The van der Waals surface area contributed by atoms with Crippen molar-refractivity contribution >= 4 is 11.4 Å². The molecule has 1 aromatic carbocycles. The first kappa shape index (κ1) is 19.6. The number of benzene rings is 1. The number of aryl methyl sites for hydroxylation is 1. The number of hydrogen-bond donors (Lipinski definition) is 3. The minimum absolute atomic E-state index is 0. The number of anilines is 2. The summed E-state index contributed by atoms with van der Waals surface area (Å²) in [7, 11) is 0. The van der Waals surface area contributed by atoms with E-state index in [0.29, 0.717) is 18.5 Å². The summed E-state index contributed by atoms with van der Waals surface area (Å²) in [6, 6.07) is 8.91. The Labute approximate surface area is 160 Å². The van der Waals surface area contributed by atoms with Crippen molar-refractivity contribution in [3.8, 4) is 0 Å². The van der Waals surface area contributed by atoms with E-state index in [-0.39, 0.29) is 11.8 Å². The molecule has 0 bridgehead atoms. The van der Waals surface area contributed by atoms with Crippen LogP contribution in [0.2, 0.25) is 0 Å².